The fraction of sp³-hybridized carbons (Fsp3) is 0.462. The Bertz CT molecular complexity index is 656. The van der Waals surface area contributed by atoms with Crippen LogP contribution in [-0.2, 0) is 10.0 Å². The van der Waals surface area contributed by atoms with Crippen molar-refractivity contribution in [1.29, 1.82) is 0 Å². The molecule has 1 aliphatic heterocycles. The Balaban J connectivity index is 2.45. The Morgan fingerprint density at radius 2 is 2.10 bits per heavy atom. The quantitative estimate of drug-likeness (QED) is 0.863. The van der Waals surface area contributed by atoms with E-state index < -0.39 is 10.0 Å². The summed E-state index contributed by atoms with van der Waals surface area (Å²) in [6.07, 6.45) is 0.832. The van der Waals surface area contributed by atoms with E-state index in [1.54, 1.807) is 6.07 Å². The first kappa shape index (κ1) is 15.7. The molecule has 7 heteroatoms. The zero-order valence-electron chi connectivity index (χ0n) is 11.4. The molecule has 1 fully saturated rings. The lowest BCUT2D eigenvalue weighted by molar-refractivity contribution is 0.375. The molecule has 1 aromatic rings. The summed E-state index contributed by atoms with van der Waals surface area (Å²) in [5.41, 5.74) is 6.04. The van der Waals surface area contributed by atoms with Gasteiger partial charge in [-0.05, 0) is 24.0 Å². The summed E-state index contributed by atoms with van der Waals surface area (Å²) in [6.45, 7) is 5.09. The SMILES string of the molecule is CC1(C)CCN(S(=O)(=O)c2cc(C(N)=S)ccc2Cl)C1. The van der Waals surface area contributed by atoms with E-state index in [1.165, 1.54) is 16.4 Å². The maximum Gasteiger partial charge on any atom is 0.244 e. The van der Waals surface area contributed by atoms with Crippen LogP contribution in [0.5, 0.6) is 0 Å². The van der Waals surface area contributed by atoms with Gasteiger partial charge in [0, 0.05) is 18.7 Å². The number of hydrogen-bond acceptors (Lipinski definition) is 3. The Hall–Kier alpha value is -0.690. The van der Waals surface area contributed by atoms with E-state index in [9.17, 15) is 8.42 Å². The van der Waals surface area contributed by atoms with Gasteiger partial charge in [0.15, 0.2) is 0 Å². The highest BCUT2D eigenvalue weighted by molar-refractivity contribution is 7.89. The standard InChI is InChI=1S/C13H17ClN2O2S2/c1-13(2)5-6-16(8-13)20(17,18)11-7-9(12(15)19)3-4-10(11)14/h3-4,7H,5-6,8H2,1-2H3,(H2,15,19). The average Bonchev–Trinajstić information content (AvgIpc) is 2.70. The van der Waals surface area contributed by atoms with E-state index in [-0.39, 0.29) is 20.3 Å². The van der Waals surface area contributed by atoms with Crippen molar-refractivity contribution >= 4 is 38.8 Å². The lowest BCUT2D eigenvalue weighted by Crippen LogP contribution is -2.30. The minimum atomic E-state index is -3.61. The van der Waals surface area contributed by atoms with Crippen molar-refractivity contribution in [3.8, 4) is 0 Å². The van der Waals surface area contributed by atoms with E-state index in [0.29, 0.717) is 18.7 Å². The summed E-state index contributed by atoms with van der Waals surface area (Å²) < 4.78 is 26.8. The Labute approximate surface area is 130 Å². The molecule has 0 saturated carbocycles. The predicted molar refractivity (Wildman–Crippen MR) is 84.5 cm³/mol. The molecule has 110 valence electrons. The van der Waals surface area contributed by atoms with Crippen LogP contribution in [0.3, 0.4) is 0 Å². The van der Waals surface area contributed by atoms with Crippen LogP contribution >= 0.6 is 23.8 Å². The molecule has 1 heterocycles. The van der Waals surface area contributed by atoms with E-state index in [1.807, 2.05) is 0 Å². The number of sulfonamides is 1. The van der Waals surface area contributed by atoms with Crippen LogP contribution in [0.4, 0.5) is 0 Å². The molecule has 20 heavy (non-hydrogen) atoms. The minimum absolute atomic E-state index is 0.0136. The van der Waals surface area contributed by atoms with Gasteiger partial charge in [0.1, 0.15) is 9.88 Å². The number of nitrogens with two attached hydrogens (primary N) is 1. The molecular formula is C13H17ClN2O2S2. The lowest BCUT2D eigenvalue weighted by Gasteiger charge is -2.20. The minimum Gasteiger partial charge on any atom is -0.389 e. The zero-order chi connectivity index (χ0) is 15.1. The fourth-order valence-electron chi connectivity index (χ4n) is 2.26. The second kappa shape index (κ2) is 5.26. The van der Waals surface area contributed by atoms with Gasteiger partial charge in [0.2, 0.25) is 10.0 Å². The van der Waals surface area contributed by atoms with Gasteiger partial charge < -0.3 is 5.73 Å². The first-order valence-corrected chi connectivity index (χ1v) is 8.46. The number of benzene rings is 1. The summed E-state index contributed by atoms with van der Waals surface area (Å²) in [7, 11) is -3.61. The molecule has 0 spiro atoms. The largest absolute Gasteiger partial charge is 0.389 e. The molecule has 2 rings (SSSR count). The first-order valence-electron chi connectivity index (χ1n) is 6.23. The van der Waals surface area contributed by atoms with E-state index >= 15 is 0 Å². The van der Waals surface area contributed by atoms with Crippen molar-refractivity contribution in [2.24, 2.45) is 11.1 Å². The smallest absolute Gasteiger partial charge is 0.244 e. The average molecular weight is 333 g/mol. The van der Waals surface area contributed by atoms with Gasteiger partial charge in [-0.25, -0.2) is 8.42 Å². The van der Waals surface area contributed by atoms with Crippen molar-refractivity contribution in [2.45, 2.75) is 25.2 Å². The van der Waals surface area contributed by atoms with Crippen molar-refractivity contribution in [2.75, 3.05) is 13.1 Å². The highest BCUT2D eigenvalue weighted by Gasteiger charge is 2.37. The summed E-state index contributed by atoms with van der Waals surface area (Å²) in [5.74, 6) is 0. The van der Waals surface area contributed by atoms with Crippen LogP contribution in [0.2, 0.25) is 5.02 Å². The maximum atomic E-state index is 12.7. The van der Waals surface area contributed by atoms with Crippen LogP contribution in [-0.4, -0.2) is 30.8 Å². The van der Waals surface area contributed by atoms with Gasteiger partial charge in [0.25, 0.3) is 0 Å². The number of halogens is 1. The molecule has 0 aliphatic carbocycles. The summed E-state index contributed by atoms with van der Waals surface area (Å²) >= 11 is 10.9. The van der Waals surface area contributed by atoms with Gasteiger partial charge in [-0.1, -0.05) is 43.7 Å². The van der Waals surface area contributed by atoms with Crippen molar-refractivity contribution < 1.29 is 8.42 Å². The lowest BCUT2D eigenvalue weighted by atomic mass is 9.93. The maximum absolute atomic E-state index is 12.7. The van der Waals surface area contributed by atoms with Crippen molar-refractivity contribution in [3.05, 3.63) is 28.8 Å². The molecule has 0 bridgehead atoms. The second-order valence-corrected chi connectivity index (χ2v) is 8.52. The third-order valence-corrected chi connectivity index (χ3v) is 6.04. The Kier molecular flexibility index (Phi) is 4.12. The molecule has 1 aromatic carbocycles. The molecule has 2 N–H and O–H groups in total. The van der Waals surface area contributed by atoms with Gasteiger partial charge in [-0.15, -0.1) is 0 Å². The zero-order valence-corrected chi connectivity index (χ0v) is 13.8. The first-order chi connectivity index (χ1) is 9.13. The third-order valence-electron chi connectivity index (χ3n) is 3.48. The second-order valence-electron chi connectivity index (χ2n) is 5.76. The summed E-state index contributed by atoms with van der Waals surface area (Å²) in [4.78, 5) is 0.224. The topological polar surface area (TPSA) is 63.4 Å². The predicted octanol–water partition coefficient (Wildman–Crippen LogP) is 2.39. The number of hydrogen-bond donors (Lipinski definition) is 1. The van der Waals surface area contributed by atoms with E-state index in [2.05, 4.69) is 13.8 Å². The fourth-order valence-corrected chi connectivity index (χ4v) is 4.52. The monoisotopic (exact) mass is 332 g/mol. The summed E-state index contributed by atoms with van der Waals surface area (Å²) in [5, 5.41) is 0.190. The van der Waals surface area contributed by atoms with Crippen LogP contribution < -0.4 is 5.73 Å². The van der Waals surface area contributed by atoms with Crippen LogP contribution in [0, 0.1) is 5.41 Å². The molecule has 0 unspecified atom stereocenters. The van der Waals surface area contributed by atoms with Crippen molar-refractivity contribution in [3.63, 3.8) is 0 Å². The normalized spacial score (nSPS) is 19.1. The van der Waals surface area contributed by atoms with Gasteiger partial charge in [-0.3, -0.25) is 0 Å². The molecule has 0 atom stereocenters. The van der Waals surface area contributed by atoms with Crippen LogP contribution in [0.1, 0.15) is 25.8 Å². The van der Waals surface area contributed by atoms with Crippen LogP contribution in [0.15, 0.2) is 23.1 Å². The highest BCUT2D eigenvalue weighted by Crippen LogP contribution is 2.34. The molecule has 0 aromatic heterocycles. The molecular weight excluding hydrogens is 316 g/mol. The summed E-state index contributed by atoms with van der Waals surface area (Å²) in [6, 6.07) is 4.59. The van der Waals surface area contributed by atoms with E-state index in [0.717, 1.165) is 6.42 Å². The number of thiocarbonyl (C=S) groups is 1. The molecule has 4 nitrogen and oxygen atoms in total. The molecule has 1 saturated heterocycles. The Morgan fingerprint density at radius 1 is 1.45 bits per heavy atom. The van der Waals surface area contributed by atoms with E-state index in [4.69, 9.17) is 29.6 Å². The van der Waals surface area contributed by atoms with Gasteiger partial charge >= 0.3 is 0 Å². The Morgan fingerprint density at radius 3 is 2.60 bits per heavy atom. The number of rotatable bonds is 3. The van der Waals surface area contributed by atoms with Crippen molar-refractivity contribution in [1.82, 2.24) is 4.31 Å². The third kappa shape index (κ3) is 2.98. The highest BCUT2D eigenvalue weighted by atomic mass is 35.5. The van der Waals surface area contributed by atoms with Gasteiger partial charge in [0.05, 0.1) is 5.02 Å². The molecule has 0 radical (unpaired) electrons. The van der Waals surface area contributed by atoms with Crippen LogP contribution in [0.25, 0.3) is 0 Å². The molecule has 0 amide bonds. The number of nitrogens with zero attached hydrogens (tertiary/aromatic N) is 1. The van der Waals surface area contributed by atoms with Gasteiger partial charge in [-0.2, -0.15) is 4.31 Å². The molecule has 1 aliphatic rings.